The Labute approximate surface area is 114 Å². The summed E-state index contributed by atoms with van der Waals surface area (Å²) in [5, 5.41) is 8.02. The summed E-state index contributed by atoms with van der Waals surface area (Å²) in [6.07, 6.45) is 11.5. The van der Waals surface area contributed by atoms with E-state index >= 15 is 0 Å². The molecule has 2 aliphatic carbocycles. The van der Waals surface area contributed by atoms with Gasteiger partial charge in [0, 0.05) is 7.05 Å². The van der Waals surface area contributed by atoms with Crippen molar-refractivity contribution in [2.24, 2.45) is 30.6 Å². The zero-order chi connectivity index (χ0) is 13.2. The van der Waals surface area contributed by atoms with Gasteiger partial charge < -0.3 is 0 Å². The lowest BCUT2D eigenvalue weighted by atomic mass is 9.66. The average molecular weight is 263 g/mol. The monoisotopic (exact) mass is 263 g/mol. The van der Waals surface area contributed by atoms with E-state index in [0.29, 0.717) is 5.92 Å². The molecule has 0 spiro atoms. The first-order valence-corrected chi connectivity index (χ1v) is 7.60. The molecule has 3 N–H and O–H groups in total. The van der Waals surface area contributed by atoms with Crippen LogP contribution in [0.5, 0.6) is 0 Å². The fourth-order valence-corrected chi connectivity index (χ4v) is 4.25. The van der Waals surface area contributed by atoms with Crippen molar-refractivity contribution in [1.29, 1.82) is 0 Å². The molecule has 2 aliphatic rings. The molecular weight excluding hydrogens is 238 g/mol. The number of nitrogens with two attached hydrogens (primary N) is 1. The van der Waals surface area contributed by atoms with Gasteiger partial charge in [-0.3, -0.25) is 16.0 Å². The summed E-state index contributed by atoms with van der Waals surface area (Å²) in [5.74, 6) is 8.34. The van der Waals surface area contributed by atoms with Crippen molar-refractivity contribution >= 4 is 0 Å². The molecule has 106 valence electrons. The lowest BCUT2D eigenvalue weighted by molar-refractivity contribution is 0.107. The van der Waals surface area contributed by atoms with E-state index in [1.807, 2.05) is 17.9 Å². The molecule has 1 aromatic rings. The number of hydrogen-bond donors (Lipinski definition) is 2. The second-order valence-electron chi connectivity index (χ2n) is 6.30. The van der Waals surface area contributed by atoms with Crippen LogP contribution in [0.3, 0.4) is 0 Å². The van der Waals surface area contributed by atoms with Crippen LogP contribution >= 0.6 is 0 Å². The predicted octanol–water partition coefficient (Wildman–Crippen LogP) is 1.93. The van der Waals surface area contributed by atoms with Crippen LogP contribution in [0.1, 0.15) is 56.7 Å². The number of rotatable bonds is 3. The van der Waals surface area contributed by atoms with Crippen molar-refractivity contribution in [2.45, 2.75) is 51.0 Å². The van der Waals surface area contributed by atoms with Crippen LogP contribution in [-0.2, 0) is 7.05 Å². The van der Waals surface area contributed by atoms with Crippen LogP contribution in [-0.4, -0.2) is 15.0 Å². The third-order valence-electron chi connectivity index (χ3n) is 5.30. The molecule has 1 heterocycles. The van der Waals surface area contributed by atoms with Gasteiger partial charge in [-0.25, -0.2) is 0 Å². The van der Waals surface area contributed by atoms with E-state index in [1.165, 1.54) is 44.9 Å². The Morgan fingerprint density at radius 2 is 2.05 bits per heavy atom. The summed E-state index contributed by atoms with van der Waals surface area (Å²) >= 11 is 0. The lowest BCUT2D eigenvalue weighted by Crippen LogP contribution is -2.39. The predicted molar refractivity (Wildman–Crippen MR) is 73.9 cm³/mol. The number of hydrazine groups is 1. The maximum atomic E-state index is 5.81. The number of hydrogen-bond acceptors (Lipinski definition) is 4. The molecule has 5 heteroatoms. The molecule has 5 nitrogen and oxygen atoms in total. The van der Waals surface area contributed by atoms with Crippen LogP contribution < -0.4 is 11.3 Å². The van der Waals surface area contributed by atoms with Gasteiger partial charge in [-0.15, -0.1) is 5.10 Å². The molecule has 0 amide bonds. The molecule has 2 saturated carbocycles. The number of fused-ring (bicyclic) bond motifs is 1. The first-order valence-electron chi connectivity index (χ1n) is 7.60. The SMILES string of the molecule is Cn1nncc1C(NN)C1CCC2CCCCC2C1. The van der Waals surface area contributed by atoms with Crippen LogP contribution in [0, 0.1) is 17.8 Å². The molecule has 4 unspecified atom stereocenters. The van der Waals surface area contributed by atoms with E-state index in [4.69, 9.17) is 5.84 Å². The summed E-state index contributed by atoms with van der Waals surface area (Å²) in [7, 11) is 1.94. The molecule has 0 bridgehead atoms. The summed E-state index contributed by atoms with van der Waals surface area (Å²) in [6, 6.07) is 0.197. The normalized spacial score (nSPS) is 32.8. The topological polar surface area (TPSA) is 68.8 Å². The highest BCUT2D eigenvalue weighted by Crippen LogP contribution is 2.45. The first kappa shape index (κ1) is 13.1. The fraction of sp³-hybridized carbons (Fsp3) is 0.857. The van der Waals surface area contributed by atoms with Crippen molar-refractivity contribution in [3.05, 3.63) is 11.9 Å². The summed E-state index contributed by atoms with van der Waals surface area (Å²) in [4.78, 5) is 0. The van der Waals surface area contributed by atoms with E-state index in [0.717, 1.165) is 17.5 Å². The quantitative estimate of drug-likeness (QED) is 0.646. The number of nitrogens with zero attached hydrogens (tertiary/aromatic N) is 3. The zero-order valence-electron chi connectivity index (χ0n) is 11.8. The molecule has 0 aromatic carbocycles. The standard InChI is InChI=1S/C14H25N5/c1-19-13(9-16-18-19)14(17-15)12-7-6-10-4-2-3-5-11(10)8-12/h9-12,14,17H,2-8,15H2,1H3. The summed E-state index contributed by atoms with van der Waals surface area (Å²) in [6.45, 7) is 0. The molecule has 4 atom stereocenters. The van der Waals surface area contributed by atoms with E-state index in [1.54, 1.807) is 0 Å². The van der Waals surface area contributed by atoms with Gasteiger partial charge in [-0.2, -0.15) is 0 Å². The Morgan fingerprint density at radius 3 is 2.74 bits per heavy atom. The molecule has 0 saturated heterocycles. The van der Waals surface area contributed by atoms with Crippen LogP contribution in [0.25, 0.3) is 0 Å². The number of nitrogens with one attached hydrogen (secondary N) is 1. The van der Waals surface area contributed by atoms with Crippen molar-refractivity contribution in [2.75, 3.05) is 0 Å². The second kappa shape index (κ2) is 5.59. The van der Waals surface area contributed by atoms with Gasteiger partial charge in [-0.1, -0.05) is 30.9 Å². The Bertz CT molecular complexity index is 416. The maximum absolute atomic E-state index is 5.81. The molecule has 1 aromatic heterocycles. The second-order valence-corrected chi connectivity index (χ2v) is 6.30. The molecular formula is C14H25N5. The fourth-order valence-electron chi connectivity index (χ4n) is 4.25. The third-order valence-corrected chi connectivity index (χ3v) is 5.30. The highest BCUT2D eigenvalue weighted by molar-refractivity contribution is 5.05. The molecule has 0 aliphatic heterocycles. The van der Waals surface area contributed by atoms with Crippen molar-refractivity contribution in [3.63, 3.8) is 0 Å². The summed E-state index contributed by atoms with van der Waals surface area (Å²) < 4.78 is 1.84. The molecule has 2 fully saturated rings. The maximum Gasteiger partial charge on any atom is 0.0769 e. The Kier molecular flexibility index (Phi) is 3.84. The minimum absolute atomic E-state index is 0.197. The largest absolute Gasteiger partial charge is 0.271 e. The van der Waals surface area contributed by atoms with Crippen LogP contribution in [0.2, 0.25) is 0 Å². The molecule has 0 radical (unpaired) electrons. The Hall–Kier alpha value is -0.940. The minimum atomic E-state index is 0.197. The highest BCUT2D eigenvalue weighted by atomic mass is 15.4. The zero-order valence-corrected chi connectivity index (χ0v) is 11.8. The lowest BCUT2D eigenvalue weighted by Gasteiger charge is -2.41. The van der Waals surface area contributed by atoms with Crippen molar-refractivity contribution < 1.29 is 0 Å². The number of aromatic nitrogens is 3. The Balaban J connectivity index is 1.72. The van der Waals surface area contributed by atoms with E-state index in [2.05, 4.69) is 15.7 Å². The van der Waals surface area contributed by atoms with Crippen molar-refractivity contribution in [3.8, 4) is 0 Å². The molecule has 3 rings (SSSR count). The van der Waals surface area contributed by atoms with E-state index in [-0.39, 0.29) is 6.04 Å². The van der Waals surface area contributed by atoms with Gasteiger partial charge in [0.1, 0.15) is 0 Å². The average Bonchev–Trinajstić information content (AvgIpc) is 2.86. The number of aryl methyl sites for hydroxylation is 1. The van der Waals surface area contributed by atoms with Gasteiger partial charge in [-0.05, 0) is 37.0 Å². The summed E-state index contributed by atoms with van der Waals surface area (Å²) in [5.41, 5.74) is 4.12. The third kappa shape index (κ3) is 2.54. The van der Waals surface area contributed by atoms with Gasteiger partial charge in [0.2, 0.25) is 0 Å². The van der Waals surface area contributed by atoms with E-state index in [9.17, 15) is 0 Å². The van der Waals surface area contributed by atoms with Gasteiger partial charge in [0.25, 0.3) is 0 Å². The molecule has 19 heavy (non-hydrogen) atoms. The van der Waals surface area contributed by atoms with Gasteiger partial charge in [0.05, 0.1) is 17.9 Å². The smallest absolute Gasteiger partial charge is 0.0769 e. The van der Waals surface area contributed by atoms with E-state index < -0.39 is 0 Å². The minimum Gasteiger partial charge on any atom is -0.271 e. The highest BCUT2D eigenvalue weighted by Gasteiger charge is 2.36. The van der Waals surface area contributed by atoms with Crippen LogP contribution in [0.15, 0.2) is 6.20 Å². The van der Waals surface area contributed by atoms with Crippen LogP contribution in [0.4, 0.5) is 0 Å². The van der Waals surface area contributed by atoms with Gasteiger partial charge in [0.15, 0.2) is 0 Å². The van der Waals surface area contributed by atoms with Gasteiger partial charge >= 0.3 is 0 Å². The first-order chi connectivity index (χ1) is 9.29. The van der Waals surface area contributed by atoms with Crippen molar-refractivity contribution in [1.82, 2.24) is 20.4 Å². The Morgan fingerprint density at radius 1 is 1.26 bits per heavy atom.